The van der Waals surface area contributed by atoms with Crippen LogP contribution in [0.1, 0.15) is 6.42 Å². The van der Waals surface area contributed by atoms with Crippen molar-refractivity contribution >= 4 is 32.6 Å². The van der Waals surface area contributed by atoms with Gasteiger partial charge in [-0.05, 0) is 12.5 Å². The van der Waals surface area contributed by atoms with Gasteiger partial charge >= 0.3 is 0 Å². The molecule has 0 saturated carbocycles. The Morgan fingerprint density at radius 1 is 1.42 bits per heavy atom. The van der Waals surface area contributed by atoms with Crippen molar-refractivity contribution in [3.8, 4) is 0 Å². The third-order valence-corrected chi connectivity index (χ3v) is 5.05. The normalized spacial score (nSPS) is 19.6. The Labute approximate surface area is 113 Å². The number of nitrogens with one attached hydrogen (secondary N) is 1. The maximum absolute atomic E-state index is 12.0. The molecule has 1 N–H and O–H groups in total. The van der Waals surface area contributed by atoms with E-state index >= 15 is 0 Å². The summed E-state index contributed by atoms with van der Waals surface area (Å²) < 4.78 is 26.3. The van der Waals surface area contributed by atoms with Gasteiger partial charge in [0.05, 0.1) is 15.9 Å². The Kier molecular flexibility index (Phi) is 3.88. The molecule has 7 nitrogen and oxygen atoms in total. The SMILES string of the molecule is O=C1SCCC1NS(=O)(=O)c1cccc([N+](=O)[O-])c1. The minimum Gasteiger partial charge on any atom is -0.285 e. The molecule has 0 amide bonds. The van der Waals surface area contributed by atoms with Crippen LogP contribution in [-0.4, -0.2) is 30.3 Å². The van der Waals surface area contributed by atoms with Gasteiger partial charge in [0.1, 0.15) is 0 Å². The van der Waals surface area contributed by atoms with Crippen molar-refractivity contribution in [2.45, 2.75) is 17.4 Å². The van der Waals surface area contributed by atoms with Crippen LogP contribution in [0.15, 0.2) is 29.2 Å². The van der Waals surface area contributed by atoms with Crippen molar-refractivity contribution < 1.29 is 18.1 Å². The van der Waals surface area contributed by atoms with Gasteiger partial charge in [-0.3, -0.25) is 14.9 Å². The van der Waals surface area contributed by atoms with E-state index in [0.29, 0.717) is 12.2 Å². The number of sulfonamides is 1. The topological polar surface area (TPSA) is 106 Å². The molecule has 0 aromatic heterocycles. The molecule has 1 aromatic rings. The predicted octanol–water partition coefficient (Wildman–Crippen LogP) is 0.905. The van der Waals surface area contributed by atoms with Crippen LogP contribution in [0.4, 0.5) is 5.69 Å². The summed E-state index contributed by atoms with van der Waals surface area (Å²) in [7, 11) is -3.92. The Balaban J connectivity index is 2.26. The van der Waals surface area contributed by atoms with Gasteiger partial charge in [0.15, 0.2) is 0 Å². The molecule has 102 valence electrons. The van der Waals surface area contributed by atoms with Crippen LogP contribution in [-0.2, 0) is 14.8 Å². The summed E-state index contributed by atoms with van der Waals surface area (Å²) in [6.45, 7) is 0. The highest BCUT2D eigenvalue weighted by Gasteiger charge is 2.30. The summed E-state index contributed by atoms with van der Waals surface area (Å²) in [5.74, 6) is 0.570. The summed E-state index contributed by atoms with van der Waals surface area (Å²) in [5, 5.41) is 10.4. The van der Waals surface area contributed by atoms with Crippen LogP contribution in [0.5, 0.6) is 0 Å². The van der Waals surface area contributed by atoms with E-state index in [1.54, 1.807) is 0 Å². The fourth-order valence-electron chi connectivity index (χ4n) is 1.62. The first-order valence-corrected chi connectivity index (χ1v) is 7.80. The number of nitro benzene ring substituents is 1. The number of benzene rings is 1. The molecule has 0 spiro atoms. The van der Waals surface area contributed by atoms with E-state index in [4.69, 9.17) is 0 Å². The van der Waals surface area contributed by atoms with Crippen LogP contribution in [0.3, 0.4) is 0 Å². The fourth-order valence-corrected chi connectivity index (χ4v) is 3.90. The molecule has 1 heterocycles. The van der Waals surface area contributed by atoms with Gasteiger partial charge in [-0.2, -0.15) is 4.72 Å². The summed E-state index contributed by atoms with van der Waals surface area (Å²) >= 11 is 1.08. The highest BCUT2D eigenvalue weighted by atomic mass is 32.2. The maximum atomic E-state index is 12.0. The standard InChI is InChI=1S/C10H10N2O5S2/c13-10-9(4-5-18-10)11-19(16,17)8-3-1-2-7(6-8)12(14)15/h1-3,6,9,11H,4-5H2. The van der Waals surface area contributed by atoms with Gasteiger partial charge in [-0.1, -0.05) is 17.8 Å². The summed E-state index contributed by atoms with van der Waals surface area (Å²) in [6.07, 6.45) is 0.428. The van der Waals surface area contributed by atoms with Crippen LogP contribution < -0.4 is 4.72 Å². The Morgan fingerprint density at radius 3 is 2.74 bits per heavy atom. The molecule has 0 radical (unpaired) electrons. The first-order chi connectivity index (χ1) is 8.90. The molecule has 1 aliphatic heterocycles. The monoisotopic (exact) mass is 302 g/mol. The van der Waals surface area contributed by atoms with Gasteiger partial charge in [0.2, 0.25) is 15.1 Å². The van der Waals surface area contributed by atoms with Crippen molar-refractivity contribution in [1.29, 1.82) is 0 Å². The van der Waals surface area contributed by atoms with E-state index in [1.165, 1.54) is 18.2 Å². The summed E-state index contributed by atoms with van der Waals surface area (Å²) in [5.41, 5.74) is -0.310. The quantitative estimate of drug-likeness (QED) is 0.654. The average Bonchev–Trinajstić information content (AvgIpc) is 2.74. The number of carbonyl (C=O) groups excluding carboxylic acids is 1. The van der Waals surface area contributed by atoms with Crippen molar-refractivity contribution in [3.05, 3.63) is 34.4 Å². The predicted molar refractivity (Wildman–Crippen MR) is 69.3 cm³/mol. The summed E-state index contributed by atoms with van der Waals surface area (Å²) in [6, 6.07) is 3.96. The van der Waals surface area contributed by atoms with Crippen molar-refractivity contribution in [3.63, 3.8) is 0 Å². The minimum absolute atomic E-state index is 0.216. The van der Waals surface area contributed by atoms with E-state index in [-0.39, 0.29) is 15.7 Å². The molecule has 1 atom stereocenters. The lowest BCUT2D eigenvalue weighted by Crippen LogP contribution is -2.37. The zero-order valence-electron chi connectivity index (χ0n) is 9.61. The average molecular weight is 302 g/mol. The molecule has 1 aromatic carbocycles. The number of carbonyl (C=O) groups is 1. The lowest BCUT2D eigenvalue weighted by molar-refractivity contribution is -0.385. The van der Waals surface area contributed by atoms with Crippen molar-refractivity contribution in [2.75, 3.05) is 5.75 Å². The van der Waals surface area contributed by atoms with Gasteiger partial charge in [-0.25, -0.2) is 8.42 Å². The molecule has 1 saturated heterocycles. The molecule has 1 unspecified atom stereocenters. The number of thioether (sulfide) groups is 1. The van der Waals surface area contributed by atoms with Gasteiger partial charge in [0, 0.05) is 17.9 Å². The third-order valence-electron chi connectivity index (χ3n) is 2.57. The Hall–Kier alpha value is -1.45. The Morgan fingerprint density at radius 2 is 2.16 bits per heavy atom. The van der Waals surface area contributed by atoms with Gasteiger partial charge in [-0.15, -0.1) is 0 Å². The second kappa shape index (κ2) is 5.27. The number of hydrogen-bond donors (Lipinski definition) is 1. The maximum Gasteiger partial charge on any atom is 0.270 e. The highest BCUT2D eigenvalue weighted by Crippen LogP contribution is 2.22. The second-order valence-corrected chi connectivity index (χ2v) is 6.70. The molecule has 0 aliphatic carbocycles. The largest absolute Gasteiger partial charge is 0.285 e. The lowest BCUT2D eigenvalue weighted by atomic mass is 10.3. The van der Waals surface area contributed by atoms with Gasteiger partial charge < -0.3 is 0 Å². The molecular formula is C10H10N2O5S2. The van der Waals surface area contributed by atoms with E-state index < -0.39 is 21.0 Å². The first kappa shape index (κ1) is 14.0. The van der Waals surface area contributed by atoms with Crippen LogP contribution in [0.2, 0.25) is 0 Å². The first-order valence-electron chi connectivity index (χ1n) is 5.33. The molecule has 2 rings (SSSR count). The van der Waals surface area contributed by atoms with Crippen LogP contribution in [0.25, 0.3) is 0 Å². The molecule has 1 fully saturated rings. The molecule has 1 aliphatic rings. The van der Waals surface area contributed by atoms with Crippen LogP contribution in [0, 0.1) is 10.1 Å². The van der Waals surface area contributed by atoms with E-state index in [0.717, 1.165) is 17.8 Å². The lowest BCUT2D eigenvalue weighted by Gasteiger charge is -2.10. The minimum atomic E-state index is -3.92. The molecular weight excluding hydrogens is 292 g/mol. The number of rotatable bonds is 4. The second-order valence-electron chi connectivity index (χ2n) is 3.88. The highest BCUT2D eigenvalue weighted by molar-refractivity contribution is 8.14. The van der Waals surface area contributed by atoms with E-state index in [1.807, 2.05) is 0 Å². The van der Waals surface area contributed by atoms with E-state index in [2.05, 4.69) is 4.72 Å². The van der Waals surface area contributed by atoms with Crippen LogP contribution >= 0.6 is 11.8 Å². The molecule has 0 bridgehead atoms. The van der Waals surface area contributed by atoms with Gasteiger partial charge in [0.25, 0.3) is 5.69 Å². The van der Waals surface area contributed by atoms with Crippen molar-refractivity contribution in [1.82, 2.24) is 4.72 Å². The number of hydrogen-bond acceptors (Lipinski definition) is 6. The smallest absolute Gasteiger partial charge is 0.270 e. The molecule has 9 heteroatoms. The van der Waals surface area contributed by atoms with Crippen molar-refractivity contribution in [2.24, 2.45) is 0 Å². The zero-order chi connectivity index (χ0) is 14.0. The van der Waals surface area contributed by atoms with E-state index in [9.17, 15) is 23.3 Å². The zero-order valence-corrected chi connectivity index (χ0v) is 11.2. The summed E-state index contributed by atoms with van der Waals surface area (Å²) in [4.78, 5) is 21.1. The third kappa shape index (κ3) is 3.11. The number of nitro groups is 1. The number of nitrogens with zero attached hydrogens (tertiary/aromatic N) is 1. The fraction of sp³-hybridized carbons (Fsp3) is 0.300. The number of non-ortho nitro benzene ring substituents is 1. The Bertz CT molecular complexity index is 629. The molecule has 19 heavy (non-hydrogen) atoms.